The molecule has 0 saturated carbocycles. The lowest BCUT2D eigenvalue weighted by atomic mass is 9.97. The van der Waals surface area contributed by atoms with Crippen LogP contribution in [0, 0.1) is 0 Å². The number of likely N-dealkylation sites (tertiary alicyclic amines) is 1. The van der Waals surface area contributed by atoms with Crippen LogP contribution in [0.3, 0.4) is 0 Å². The second kappa shape index (κ2) is 10.8. The molecule has 1 aliphatic rings. The summed E-state index contributed by atoms with van der Waals surface area (Å²) in [4.78, 5) is 45.5. The number of halogens is 1. The van der Waals surface area contributed by atoms with Crippen LogP contribution in [0.1, 0.15) is 55.5 Å². The lowest BCUT2D eigenvalue weighted by Crippen LogP contribution is -2.50. The Hall–Kier alpha value is -2.94. The Bertz CT molecular complexity index is 1030. The minimum Gasteiger partial charge on any atom is -0.465 e. The number of aromatic nitrogens is 1. The number of anilines is 2. The Morgan fingerprint density at radius 2 is 1.88 bits per heavy atom. The molecular formula is C24H29BrN4O4. The minimum absolute atomic E-state index is 0.0359. The zero-order chi connectivity index (χ0) is 24.1. The van der Waals surface area contributed by atoms with Gasteiger partial charge in [-0.1, -0.05) is 32.0 Å². The van der Waals surface area contributed by atoms with E-state index in [1.54, 1.807) is 22.8 Å². The van der Waals surface area contributed by atoms with Crippen LogP contribution in [0.25, 0.3) is 0 Å². The van der Waals surface area contributed by atoms with Gasteiger partial charge in [0.2, 0.25) is 5.91 Å². The first-order valence-electron chi connectivity index (χ1n) is 10.9. The Kier molecular flexibility index (Phi) is 8.07. The summed E-state index contributed by atoms with van der Waals surface area (Å²) in [7, 11) is 1.28. The van der Waals surface area contributed by atoms with Gasteiger partial charge in [0.1, 0.15) is 11.4 Å². The molecule has 0 bridgehead atoms. The number of benzene rings is 1. The van der Waals surface area contributed by atoms with Crippen molar-refractivity contribution in [3.8, 4) is 0 Å². The van der Waals surface area contributed by atoms with Crippen molar-refractivity contribution >= 4 is 45.3 Å². The summed E-state index contributed by atoms with van der Waals surface area (Å²) < 4.78 is 5.45. The topological polar surface area (TPSA) is 91.8 Å². The molecule has 0 radical (unpaired) electrons. The standard InChI is InChI=1S/C24H29BrN4O4/c1-15(2)19-7-5-6-8-21(19)29(18-9-11-28(12-10-18)16(3)30)24(32)27-22-20(23(31)33-4)13-17(25)14-26-22/h5-8,13-15,18H,9-12H2,1-4H3,(H,26,27,32). The molecule has 0 aliphatic carbocycles. The van der Waals surface area contributed by atoms with Gasteiger partial charge in [-0.05, 0) is 52.4 Å². The van der Waals surface area contributed by atoms with Crippen LogP contribution in [-0.2, 0) is 9.53 Å². The van der Waals surface area contributed by atoms with Gasteiger partial charge >= 0.3 is 12.0 Å². The Labute approximate surface area is 202 Å². The van der Waals surface area contributed by atoms with E-state index in [9.17, 15) is 14.4 Å². The quantitative estimate of drug-likeness (QED) is 0.576. The van der Waals surface area contributed by atoms with Crippen LogP contribution in [0.4, 0.5) is 16.3 Å². The first-order chi connectivity index (χ1) is 15.7. The maximum absolute atomic E-state index is 13.7. The average Bonchev–Trinajstić information content (AvgIpc) is 2.80. The summed E-state index contributed by atoms with van der Waals surface area (Å²) >= 11 is 3.31. The van der Waals surface area contributed by atoms with E-state index < -0.39 is 5.97 Å². The van der Waals surface area contributed by atoms with Crippen molar-refractivity contribution in [2.45, 2.75) is 45.6 Å². The van der Waals surface area contributed by atoms with Crippen LogP contribution in [0.15, 0.2) is 41.0 Å². The highest BCUT2D eigenvalue weighted by Crippen LogP contribution is 2.32. The second-order valence-electron chi connectivity index (χ2n) is 8.29. The molecule has 1 aromatic heterocycles. The molecule has 176 valence electrons. The van der Waals surface area contributed by atoms with E-state index in [1.807, 2.05) is 24.3 Å². The molecule has 8 nitrogen and oxygen atoms in total. The molecule has 3 rings (SSSR count). The van der Waals surface area contributed by atoms with Crippen molar-refractivity contribution in [3.05, 3.63) is 52.1 Å². The number of piperidine rings is 1. The maximum Gasteiger partial charge on any atom is 0.341 e. The predicted molar refractivity (Wildman–Crippen MR) is 131 cm³/mol. The average molecular weight is 517 g/mol. The van der Waals surface area contributed by atoms with E-state index in [4.69, 9.17) is 4.74 Å². The summed E-state index contributed by atoms with van der Waals surface area (Å²) in [5, 5.41) is 2.82. The number of ether oxygens (including phenoxy) is 1. The maximum atomic E-state index is 13.7. The largest absolute Gasteiger partial charge is 0.465 e. The molecule has 2 heterocycles. The molecule has 3 amide bonds. The molecule has 33 heavy (non-hydrogen) atoms. The Morgan fingerprint density at radius 3 is 2.48 bits per heavy atom. The summed E-state index contributed by atoms with van der Waals surface area (Å²) in [6, 6.07) is 8.88. The number of esters is 1. The number of carbonyl (C=O) groups is 3. The third kappa shape index (κ3) is 5.71. The summed E-state index contributed by atoms with van der Waals surface area (Å²) in [6.45, 7) is 6.89. The van der Waals surface area contributed by atoms with E-state index in [1.165, 1.54) is 13.3 Å². The number of carbonyl (C=O) groups excluding carboxylic acids is 3. The number of methoxy groups -OCH3 is 1. The normalized spacial score (nSPS) is 14.2. The molecule has 1 saturated heterocycles. The predicted octanol–water partition coefficient (Wildman–Crippen LogP) is 4.80. The molecule has 1 aromatic carbocycles. The summed E-state index contributed by atoms with van der Waals surface area (Å²) in [5.74, 6) is -0.231. The minimum atomic E-state index is -0.594. The molecule has 0 unspecified atom stereocenters. The molecule has 0 spiro atoms. The number of rotatable bonds is 5. The van der Waals surface area contributed by atoms with Crippen molar-refractivity contribution in [3.63, 3.8) is 0 Å². The lowest BCUT2D eigenvalue weighted by Gasteiger charge is -2.39. The highest BCUT2D eigenvalue weighted by Gasteiger charge is 2.32. The Balaban J connectivity index is 1.98. The van der Waals surface area contributed by atoms with Crippen molar-refractivity contribution in [1.82, 2.24) is 9.88 Å². The Morgan fingerprint density at radius 1 is 1.21 bits per heavy atom. The van der Waals surface area contributed by atoms with Gasteiger partial charge in [0.15, 0.2) is 0 Å². The number of amides is 3. The number of urea groups is 1. The highest BCUT2D eigenvalue weighted by atomic mass is 79.9. The van der Waals surface area contributed by atoms with E-state index in [0.29, 0.717) is 30.4 Å². The van der Waals surface area contributed by atoms with Gasteiger partial charge in [0.25, 0.3) is 0 Å². The van der Waals surface area contributed by atoms with Crippen molar-refractivity contribution < 1.29 is 19.1 Å². The van der Waals surface area contributed by atoms with Crippen molar-refractivity contribution in [2.24, 2.45) is 0 Å². The SMILES string of the molecule is COC(=O)c1cc(Br)cnc1NC(=O)N(c1ccccc1C(C)C)C1CCN(C(C)=O)CC1. The van der Waals surface area contributed by atoms with Gasteiger partial charge in [-0.15, -0.1) is 0 Å². The van der Waals surface area contributed by atoms with Crippen molar-refractivity contribution in [2.75, 3.05) is 30.4 Å². The summed E-state index contributed by atoms with van der Waals surface area (Å²) in [5.41, 5.74) is 2.00. The van der Waals surface area contributed by atoms with Gasteiger partial charge in [0.05, 0.1) is 7.11 Å². The lowest BCUT2D eigenvalue weighted by molar-refractivity contribution is -0.129. The fourth-order valence-corrected chi connectivity index (χ4v) is 4.40. The number of nitrogens with zero attached hydrogens (tertiary/aromatic N) is 3. The van der Waals surface area contributed by atoms with Gasteiger partial charge in [-0.2, -0.15) is 0 Å². The molecule has 1 aliphatic heterocycles. The number of para-hydroxylation sites is 1. The molecule has 1 fully saturated rings. The van der Waals surface area contributed by atoms with Gasteiger partial charge in [-0.25, -0.2) is 14.6 Å². The van der Waals surface area contributed by atoms with Crippen LogP contribution in [0.2, 0.25) is 0 Å². The number of hydrogen-bond acceptors (Lipinski definition) is 5. The van der Waals surface area contributed by atoms with Gasteiger partial charge in [0, 0.05) is 42.4 Å². The zero-order valence-corrected chi connectivity index (χ0v) is 20.9. The first kappa shape index (κ1) is 24.7. The van der Waals surface area contributed by atoms with Crippen LogP contribution < -0.4 is 10.2 Å². The van der Waals surface area contributed by atoms with Crippen LogP contribution in [-0.4, -0.2) is 54.0 Å². The second-order valence-corrected chi connectivity index (χ2v) is 9.21. The van der Waals surface area contributed by atoms with E-state index in [0.717, 1.165) is 11.3 Å². The van der Waals surface area contributed by atoms with Gasteiger partial charge < -0.3 is 9.64 Å². The molecule has 0 atom stereocenters. The third-order valence-electron chi connectivity index (χ3n) is 5.80. The number of nitrogens with one attached hydrogen (secondary N) is 1. The zero-order valence-electron chi connectivity index (χ0n) is 19.3. The first-order valence-corrected chi connectivity index (χ1v) is 11.7. The highest BCUT2D eigenvalue weighted by molar-refractivity contribution is 9.10. The summed E-state index contributed by atoms with van der Waals surface area (Å²) in [6.07, 6.45) is 2.81. The van der Waals surface area contributed by atoms with Gasteiger partial charge in [-0.3, -0.25) is 15.0 Å². The molecule has 1 N–H and O–H groups in total. The van der Waals surface area contributed by atoms with Crippen molar-refractivity contribution in [1.29, 1.82) is 0 Å². The number of pyridine rings is 1. The molecule has 2 aromatic rings. The number of hydrogen-bond donors (Lipinski definition) is 1. The van der Waals surface area contributed by atoms with Crippen LogP contribution in [0.5, 0.6) is 0 Å². The fraction of sp³-hybridized carbons (Fsp3) is 0.417. The molecule has 9 heteroatoms. The van der Waals surface area contributed by atoms with E-state index >= 15 is 0 Å². The third-order valence-corrected chi connectivity index (χ3v) is 6.23. The van der Waals surface area contributed by atoms with Crippen LogP contribution >= 0.6 is 15.9 Å². The smallest absolute Gasteiger partial charge is 0.341 e. The molecular weight excluding hydrogens is 488 g/mol. The van der Waals surface area contributed by atoms with E-state index in [2.05, 4.69) is 40.1 Å². The monoisotopic (exact) mass is 516 g/mol. The fourth-order valence-electron chi connectivity index (χ4n) is 4.07. The van der Waals surface area contributed by atoms with E-state index in [-0.39, 0.29) is 35.3 Å².